The molecule has 0 aromatic heterocycles. The van der Waals surface area contributed by atoms with Gasteiger partial charge in [0.2, 0.25) is 0 Å². The van der Waals surface area contributed by atoms with Gasteiger partial charge in [0.1, 0.15) is 19.0 Å². The van der Waals surface area contributed by atoms with Crippen molar-refractivity contribution in [3.8, 4) is 23.3 Å². The summed E-state index contributed by atoms with van der Waals surface area (Å²) in [5.41, 5.74) is 5.38. The van der Waals surface area contributed by atoms with E-state index in [2.05, 4.69) is 10.9 Å². The number of ether oxygens (including phenoxy) is 3. The molecule has 0 aliphatic carbocycles. The normalized spacial score (nSPS) is 11.8. The molecule has 0 unspecified atom stereocenters. The molecular weight excluding hydrogens is 338 g/mol. The number of nitriles is 1. The van der Waals surface area contributed by atoms with Crippen molar-refractivity contribution in [1.82, 2.24) is 10.9 Å². The predicted octanol–water partition coefficient (Wildman–Crippen LogP) is 1.17. The van der Waals surface area contributed by atoms with E-state index in [0.29, 0.717) is 41.6 Å². The number of rotatable bonds is 4. The third-order valence-corrected chi connectivity index (χ3v) is 3.47. The summed E-state index contributed by atoms with van der Waals surface area (Å²) in [6.07, 6.45) is 0. The van der Waals surface area contributed by atoms with Crippen molar-refractivity contribution in [3.63, 3.8) is 0 Å². The zero-order valence-corrected chi connectivity index (χ0v) is 13.7. The molecule has 0 bridgehead atoms. The molecule has 0 saturated heterocycles. The SMILES string of the molecule is N#Cc1ccc(OCC(=O)NNC(=O)c2ccc3c(c2)OCCO3)cc1. The van der Waals surface area contributed by atoms with Gasteiger partial charge >= 0.3 is 0 Å². The summed E-state index contributed by atoms with van der Waals surface area (Å²) in [4.78, 5) is 23.8. The minimum atomic E-state index is -0.528. The fourth-order valence-corrected chi connectivity index (χ4v) is 2.19. The van der Waals surface area contributed by atoms with E-state index in [9.17, 15) is 9.59 Å². The summed E-state index contributed by atoms with van der Waals surface area (Å²) in [6.45, 7) is 0.600. The van der Waals surface area contributed by atoms with E-state index in [4.69, 9.17) is 19.5 Å². The van der Waals surface area contributed by atoms with Gasteiger partial charge < -0.3 is 14.2 Å². The highest BCUT2D eigenvalue weighted by atomic mass is 16.6. The van der Waals surface area contributed by atoms with Crippen LogP contribution in [0, 0.1) is 11.3 Å². The average Bonchev–Trinajstić information content (AvgIpc) is 2.70. The number of hydrazine groups is 1. The van der Waals surface area contributed by atoms with Crippen LogP contribution in [0.2, 0.25) is 0 Å². The highest BCUT2D eigenvalue weighted by Gasteiger charge is 2.15. The summed E-state index contributed by atoms with van der Waals surface area (Å²) >= 11 is 0. The molecule has 1 aliphatic heterocycles. The lowest BCUT2D eigenvalue weighted by Gasteiger charge is -2.18. The number of amides is 2. The van der Waals surface area contributed by atoms with Crippen LogP contribution in [-0.2, 0) is 4.79 Å². The molecule has 2 aromatic rings. The number of carbonyl (C=O) groups excluding carboxylic acids is 2. The molecule has 26 heavy (non-hydrogen) atoms. The van der Waals surface area contributed by atoms with E-state index < -0.39 is 11.8 Å². The van der Waals surface area contributed by atoms with Gasteiger partial charge in [0, 0.05) is 5.56 Å². The lowest BCUT2D eigenvalue weighted by atomic mass is 10.2. The molecule has 8 nitrogen and oxygen atoms in total. The molecule has 0 fully saturated rings. The summed E-state index contributed by atoms with van der Waals surface area (Å²) < 4.78 is 16.1. The molecule has 0 spiro atoms. The second-order valence-corrected chi connectivity index (χ2v) is 5.29. The molecule has 1 heterocycles. The highest BCUT2D eigenvalue weighted by molar-refractivity contribution is 5.96. The molecule has 0 radical (unpaired) electrons. The zero-order valence-electron chi connectivity index (χ0n) is 13.7. The van der Waals surface area contributed by atoms with Gasteiger partial charge in [-0.15, -0.1) is 0 Å². The van der Waals surface area contributed by atoms with Crippen molar-refractivity contribution in [2.24, 2.45) is 0 Å². The maximum Gasteiger partial charge on any atom is 0.276 e. The van der Waals surface area contributed by atoms with Gasteiger partial charge in [0.25, 0.3) is 11.8 Å². The molecular formula is C18H15N3O5. The van der Waals surface area contributed by atoms with Crippen molar-refractivity contribution < 1.29 is 23.8 Å². The molecule has 0 saturated carbocycles. The number of nitrogens with one attached hydrogen (secondary N) is 2. The third-order valence-electron chi connectivity index (χ3n) is 3.47. The lowest BCUT2D eigenvalue weighted by molar-refractivity contribution is -0.123. The van der Waals surface area contributed by atoms with E-state index in [1.807, 2.05) is 6.07 Å². The van der Waals surface area contributed by atoms with E-state index in [1.165, 1.54) is 0 Å². The maximum absolute atomic E-state index is 12.1. The van der Waals surface area contributed by atoms with Crippen molar-refractivity contribution in [1.29, 1.82) is 5.26 Å². The predicted molar refractivity (Wildman–Crippen MR) is 89.7 cm³/mol. The Hall–Kier alpha value is -3.73. The van der Waals surface area contributed by atoms with E-state index >= 15 is 0 Å². The standard InChI is InChI=1S/C18H15N3O5/c19-10-12-1-4-14(5-2-12)26-11-17(22)20-21-18(23)13-3-6-15-16(9-13)25-8-7-24-15/h1-6,9H,7-8,11H2,(H,20,22)(H,21,23). The molecule has 2 amide bonds. The second kappa shape index (κ2) is 7.90. The van der Waals surface area contributed by atoms with Crippen LogP contribution in [0.4, 0.5) is 0 Å². The summed E-state index contributed by atoms with van der Waals surface area (Å²) in [6, 6.07) is 13.1. The Morgan fingerprint density at radius 2 is 1.77 bits per heavy atom. The molecule has 132 valence electrons. The Labute approximate surface area is 149 Å². The van der Waals surface area contributed by atoms with Gasteiger partial charge in [0.05, 0.1) is 11.6 Å². The Balaban J connectivity index is 1.47. The first kappa shape index (κ1) is 17.1. The Kier molecular flexibility index (Phi) is 5.19. The lowest BCUT2D eigenvalue weighted by Crippen LogP contribution is -2.43. The summed E-state index contributed by atoms with van der Waals surface area (Å²) in [7, 11) is 0. The van der Waals surface area contributed by atoms with Crippen LogP contribution in [0.25, 0.3) is 0 Å². The molecule has 0 atom stereocenters. The van der Waals surface area contributed by atoms with E-state index in [1.54, 1.807) is 42.5 Å². The molecule has 2 N–H and O–H groups in total. The Morgan fingerprint density at radius 3 is 2.50 bits per heavy atom. The quantitative estimate of drug-likeness (QED) is 0.799. The topological polar surface area (TPSA) is 110 Å². The van der Waals surface area contributed by atoms with Crippen LogP contribution in [0.15, 0.2) is 42.5 Å². The van der Waals surface area contributed by atoms with Gasteiger partial charge in [-0.05, 0) is 42.5 Å². The first-order valence-electron chi connectivity index (χ1n) is 7.77. The minimum Gasteiger partial charge on any atom is -0.486 e. The number of hydrogen-bond donors (Lipinski definition) is 2. The van der Waals surface area contributed by atoms with E-state index in [0.717, 1.165) is 0 Å². The Morgan fingerprint density at radius 1 is 1.04 bits per heavy atom. The first-order valence-corrected chi connectivity index (χ1v) is 7.77. The summed E-state index contributed by atoms with van der Waals surface area (Å²) in [5, 5.41) is 8.72. The van der Waals surface area contributed by atoms with Crippen LogP contribution in [0.5, 0.6) is 17.2 Å². The number of hydrogen-bond acceptors (Lipinski definition) is 6. The van der Waals surface area contributed by atoms with E-state index in [-0.39, 0.29) is 6.61 Å². The molecule has 2 aromatic carbocycles. The van der Waals surface area contributed by atoms with Crippen LogP contribution in [0.1, 0.15) is 15.9 Å². The minimum absolute atomic E-state index is 0.284. The van der Waals surface area contributed by atoms with Crippen molar-refractivity contribution in [3.05, 3.63) is 53.6 Å². The molecule has 1 aliphatic rings. The smallest absolute Gasteiger partial charge is 0.276 e. The van der Waals surface area contributed by atoms with Gasteiger partial charge in [-0.2, -0.15) is 5.26 Å². The number of nitrogens with zero attached hydrogens (tertiary/aromatic N) is 1. The largest absolute Gasteiger partial charge is 0.486 e. The van der Waals surface area contributed by atoms with Crippen molar-refractivity contribution in [2.45, 2.75) is 0 Å². The van der Waals surface area contributed by atoms with Gasteiger partial charge in [-0.25, -0.2) is 0 Å². The van der Waals surface area contributed by atoms with Gasteiger partial charge in [-0.1, -0.05) is 0 Å². The van der Waals surface area contributed by atoms with Crippen molar-refractivity contribution >= 4 is 11.8 Å². The maximum atomic E-state index is 12.1. The number of fused-ring (bicyclic) bond motifs is 1. The summed E-state index contributed by atoms with van der Waals surface area (Å²) in [5.74, 6) is 0.485. The Bertz CT molecular complexity index is 858. The number of benzene rings is 2. The average molecular weight is 353 g/mol. The fourth-order valence-electron chi connectivity index (χ4n) is 2.19. The second-order valence-electron chi connectivity index (χ2n) is 5.29. The van der Waals surface area contributed by atoms with Crippen LogP contribution < -0.4 is 25.1 Å². The van der Waals surface area contributed by atoms with Gasteiger partial charge in [-0.3, -0.25) is 20.4 Å². The monoisotopic (exact) mass is 353 g/mol. The van der Waals surface area contributed by atoms with Gasteiger partial charge in [0.15, 0.2) is 18.1 Å². The van der Waals surface area contributed by atoms with Crippen LogP contribution >= 0.6 is 0 Å². The zero-order chi connectivity index (χ0) is 18.4. The fraction of sp³-hybridized carbons (Fsp3) is 0.167. The highest BCUT2D eigenvalue weighted by Crippen LogP contribution is 2.30. The molecule has 8 heteroatoms. The first-order chi connectivity index (χ1) is 12.7. The van der Waals surface area contributed by atoms with Crippen LogP contribution in [0.3, 0.4) is 0 Å². The van der Waals surface area contributed by atoms with Crippen LogP contribution in [-0.4, -0.2) is 31.6 Å². The van der Waals surface area contributed by atoms with Crippen molar-refractivity contribution in [2.75, 3.05) is 19.8 Å². The molecule has 3 rings (SSSR count). The number of carbonyl (C=O) groups is 2. The third kappa shape index (κ3) is 4.21.